The summed E-state index contributed by atoms with van der Waals surface area (Å²) in [7, 11) is 0. The molecular weight excluding hydrogens is 876 g/mol. The Kier molecular flexibility index (Phi) is 14.1. The molecule has 0 radical (unpaired) electrons. The lowest BCUT2D eigenvalue weighted by Crippen LogP contribution is -2.43. The number of amides is 2. The maximum absolute atomic E-state index is 13.3. The van der Waals surface area contributed by atoms with Gasteiger partial charge < -0.3 is 30.7 Å². The topological polar surface area (TPSA) is 106 Å². The molecule has 69 heavy (non-hydrogen) atoms. The molecule has 10 nitrogen and oxygen atoms in total. The summed E-state index contributed by atoms with van der Waals surface area (Å²) >= 11 is 6.44. The van der Waals surface area contributed by atoms with Crippen molar-refractivity contribution >= 4 is 62.5 Å². The van der Waals surface area contributed by atoms with Crippen molar-refractivity contribution in [2.75, 3.05) is 67.9 Å². The number of hydrogen-bond donors (Lipinski definition) is 3. The van der Waals surface area contributed by atoms with Gasteiger partial charge in [0.05, 0.1) is 28.9 Å². The molecule has 0 aliphatic carbocycles. The van der Waals surface area contributed by atoms with Crippen LogP contribution in [0.1, 0.15) is 24.0 Å². The Morgan fingerprint density at radius 3 is 1.54 bits per heavy atom. The fraction of sp³-hybridized carbons (Fsp3) is 0.241. The third kappa shape index (κ3) is 10.9. The first-order chi connectivity index (χ1) is 33.9. The smallest absolute Gasteiger partial charge is 0.227 e. The summed E-state index contributed by atoms with van der Waals surface area (Å²) in [4.78, 5) is 42.4. The van der Waals surface area contributed by atoms with Crippen molar-refractivity contribution in [3.63, 3.8) is 0 Å². The number of nitrogens with zero attached hydrogens (tertiary/aromatic N) is 5. The number of carbonyl (C=O) groups is 2. The van der Waals surface area contributed by atoms with Gasteiger partial charge in [-0.25, -0.2) is 9.97 Å². The van der Waals surface area contributed by atoms with E-state index >= 15 is 0 Å². The van der Waals surface area contributed by atoms with Gasteiger partial charge in [0.1, 0.15) is 11.6 Å². The Morgan fingerprint density at radius 1 is 0.536 bits per heavy atom. The molecule has 11 rings (SSSR count). The lowest BCUT2D eigenvalue weighted by Gasteiger charge is -2.31. The molecule has 2 amide bonds. The van der Waals surface area contributed by atoms with Crippen molar-refractivity contribution in [2.24, 2.45) is 0 Å². The number of rotatable bonds is 11. The second-order valence-electron chi connectivity index (χ2n) is 18.1. The zero-order chi connectivity index (χ0) is 46.9. The number of piperazine rings is 1. The zero-order valence-corrected chi connectivity index (χ0v) is 39.5. The van der Waals surface area contributed by atoms with E-state index in [0.29, 0.717) is 31.0 Å². The predicted octanol–water partition coefficient (Wildman–Crippen LogP) is 10.4. The summed E-state index contributed by atoms with van der Waals surface area (Å²) in [5.41, 5.74) is 9.77. The Labute approximate surface area is 409 Å². The van der Waals surface area contributed by atoms with Crippen LogP contribution >= 0.6 is 11.6 Å². The van der Waals surface area contributed by atoms with Crippen LogP contribution in [0.15, 0.2) is 170 Å². The minimum absolute atomic E-state index is 0.155. The molecule has 0 saturated carbocycles. The van der Waals surface area contributed by atoms with Crippen LogP contribution in [-0.4, -0.2) is 96.0 Å². The standard InChI is InChI=1S/C31H33N5O.C27H24ClN3O/c37-31(20-24-10-4-5-11-26(24)23-8-2-1-3-9-23)36-17-14-25(22-36)33-30-21-29(35-18-15-32-16-19-35)27-12-6-7-13-28(27)34-30;28-24-17-26(30-25-13-7-6-12-23(24)25)29-21-14-15-31(18-21)27(32)16-20-10-4-5-11-22(20)19-8-2-1-3-9-19/h1-13,21,25,32H,14-20,22H2,(H,33,34);1-13,17,21H,14-16,18H2,(H,29,30)/t25-;21-/m00/s1. The minimum Gasteiger partial charge on any atom is -0.368 e. The third-order valence-electron chi connectivity index (χ3n) is 13.5. The molecule has 2 atom stereocenters. The first kappa shape index (κ1) is 45.5. The van der Waals surface area contributed by atoms with E-state index in [9.17, 15) is 9.59 Å². The lowest BCUT2D eigenvalue weighted by atomic mass is 9.97. The largest absolute Gasteiger partial charge is 0.368 e. The van der Waals surface area contributed by atoms with E-state index in [2.05, 4.69) is 92.6 Å². The van der Waals surface area contributed by atoms with Crippen LogP contribution in [0, 0.1) is 0 Å². The molecule has 3 aliphatic rings. The van der Waals surface area contributed by atoms with Gasteiger partial charge in [-0.1, -0.05) is 157 Å². The fourth-order valence-corrected chi connectivity index (χ4v) is 10.2. The molecule has 8 aromatic rings. The Balaban J connectivity index is 0.000000162. The summed E-state index contributed by atoms with van der Waals surface area (Å²) < 4.78 is 0. The van der Waals surface area contributed by atoms with Crippen LogP contribution in [0.25, 0.3) is 44.1 Å². The van der Waals surface area contributed by atoms with Gasteiger partial charge in [-0.15, -0.1) is 0 Å². The van der Waals surface area contributed by atoms with Gasteiger partial charge in [-0.05, 0) is 64.4 Å². The maximum Gasteiger partial charge on any atom is 0.227 e. The second-order valence-corrected chi connectivity index (χ2v) is 18.5. The van der Waals surface area contributed by atoms with Crippen LogP contribution in [0.2, 0.25) is 5.02 Å². The normalized spacial score (nSPS) is 16.9. The molecule has 2 aromatic heterocycles. The number of pyridine rings is 2. The van der Waals surface area contributed by atoms with Crippen LogP contribution in [-0.2, 0) is 22.4 Å². The highest BCUT2D eigenvalue weighted by molar-refractivity contribution is 6.35. The van der Waals surface area contributed by atoms with Gasteiger partial charge in [0.2, 0.25) is 11.8 Å². The predicted molar refractivity (Wildman–Crippen MR) is 282 cm³/mol. The monoisotopic (exact) mass is 932 g/mol. The van der Waals surface area contributed by atoms with Crippen molar-refractivity contribution < 1.29 is 9.59 Å². The molecular formula is C58H57ClN8O2. The minimum atomic E-state index is 0.155. The number of fused-ring (bicyclic) bond motifs is 2. The molecule has 3 saturated heterocycles. The molecule has 0 unspecified atom stereocenters. The van der Waals surface area contributed by atoms with E-state index in [0.717, 1.165) is 114 Å². The van der Waals surface area contributed by atoms with Crippen molar-refractivity contribution in [1.82, 2.24) is 25.1 Å². The van der Waals surface area contributed by atoms with Gasteiger partial charge in [-0.3, -0.25) is 9.59 Å². The summed E-state index contributed by atoms with van der Waals surface area (Å²) in [6.07, 6.45) is 2.62. The maximum atomic E-state index is 13.3. The van der Waals surface area contributed by atoms with Crippen LogP contribution in [0.5, 0.6) is 0 Å². The van der Waals surface area contributed by atoms with Crippen LogP contribution in [0.4, 0.5) is 17.3 Å². The highest BCUT2D eigenvalue weighted by Crippen LogP contribution is 2.32. The van der Waals surface area contributed by atoms with Gasteiger partial charge in [0.25, 0.3) is 0 Å². The van der Waals surface area contributed by atoms with Gasteiger partial charge in [0.15, 0.2) is 0 Å². The van der Waals surface area contributed by atoms with Crippen molar-refractivity contribution in [2.45, 2.75) is 37.8 Å². The number of halogens is 1. The quantitative estimate of drug-likeness (QED) is 0.118. The van der Waals surface area contributed by atoms with Crippen LogP contribution < -0.4 is 20.9 Å². The zero-order valence-electron chi connectivity index (χ0n) is 38.7. The van der Waals surface area contributed by atoms with E-state index in [4.69, 9.17) is 16.6 Å². The first-order valence-electron chi connectivity index (χ1n) is 24.2. The third-order valence-corrected chi connectivity index (χ3v) is 13.8. The summed E-state index contributed by atoms with van der Waals surface area (Å²) in [6, 6.07) is 57.5. The lowest BCUT2D eigenvalue weighted by molar-refractivity contribution is -0.130. The van der Waals surface area contributed by atoms with E-state index in [1.165, 1.54) is 11.1 Å². The summed E-state index contributed by atoms with van der Waals surface area (Å²) in [5.74, 6) is 1.98. The summed E-state index contributed by atoms with van der Waals surface area (Å²) in [5, 5.41) is 13.4. The fourth-order valence-electron chi connectivity index (χ4n) is 9.93. The van der Waals surface area contributed by atoms with Crippen LogP contribution in [0.3, 0.4) is 0 Å². The second kappa shape index (κ2) is 21.4. The molecule has 348 valence electrons. The average molecular weight is 934 g/mol. The molecule has 5 heterocycles. The van der Waals surface area contributed by atoms with E-state index in [-0.39, 0.29) is 23.9 Å². The molecule has 3 fully saturated rings. The average Bonchev–Trinajstić information content (AvgIpc) is 4.08. The number of carbonyl (C=O) groups excluding carboxylic acids is 2. The number of nitrogens with one attached hydrogen (secondary N) is 3. The molecule has 0 spiro atoms. The highest BCUT2D eigenvalue weighted by atomic mass is 35.5. The molecule has 11 heteroatoms. The van der Waals surface area contributed by atoms with E-state index < -0.39 is 0 Å². The van der Waals surface area contributed by atoms with Gasteiger partial charge in [-0.2, -0.15) is 0 Å². The molecule has 0 bridgehead atoms. The molecule has 6 aromatic carbocycles. The van der Waals surface area contributed by atoms with Crippen molar-refractivity contribution in [1.29, 1.82) is 0 Å². The van der Waals surface area contributed by atoms with Crippen molar-refractivity contribution in [3.05, 3.63) is 186 Å². The number of likely N-dealkylation sites (tertiary alicyclic amines) is 2. The Morgan fingerprint density at radius 2 is 0.986 bits per heavy atom. The van der Waals surface area contributed by atoms with E-state index in [1.54, 1.807) is 0 Å². The Hall–Kier alpha value is -7.27. The number of para-hydroxylation sites is 2. The van der Waals surface area contributed by atoms with E-state index in [1.807, 2.05) is 113 Å². The van der Waals surface area contributed by atoms with Crippen molar-refractivity contribution in [3.8, 4) is 22.3 Å². The summed E-state index contributed by atoms with van der Waals surface area (Å²) in [6.45, 7) is 6.84. The number of benzene rings is 6. The van der Waals surface area contributed by atoms with Gasteiger partial charge in [0, 0.05) is 87.0 Å². The number of aromatic nitrogens is 2. The number of anilines is 3. The first-order valence-corrected chi connectivity index (χ1v) is 24.6. The Bertz CT molecular complexity index is 3050. The molecule has 3 aliphatic heterocycles. The molecule has 3 N–H and O–H groups in total. The highest BCUT2D eigenvalue weighted by Gasteiger charge is 2.29. The SMILES string of the molecule is O=C(Cc1ccccc1-c1ccccc1)N1CC[C@H](Nc2cc(Cl)c3ccccc3n2)C1.O=C(Cc1ccccc1-c1ccccc1)N1CC[C@H](Nc2cc(N3CCNCC3)c3ccccc3n2)C1. The number of hydrogen-bond acceptors (Lipinski definition) is 8. The van der Waals surface area contributed by atoms with Gasteiger partial charge >= 0.3 is 0 Å².